The largest absolute Gasteiger partial charge is 0.313 e. The third kappa shape index (κ3) is 5.70. The molecule has 4 aliphatic rings. The Bertz CT molecular complexity index is 2830. The molecule has 5 aromatic carbocycles. The summed E-state index contributed by atoms with van der Waals surface area (Å²) in [5, 5.41) is 4.01. The molecule has 0 saturated carbocycles. The summed E-state index contributed by atoms with van der Waals surface area (Å²) in [4.78, 5) is 0. The lowest BCUT2D eigenvalue weighted by Crippen LogP contribution is -2.19. The van der Waals surface area contributed by atoms with Gasteiger partial charge < -0.3 is 9.13 Å². The molecule has 0 saturated heterocycles. The van der Waals surface area contributed by atoms with Gasteiger partial charge in [0.2, 0.25) is 0 Å². The zero-order valence-corrected chi connectivity index (χ0v) is 31.8. The maximum Gasteiger partial charge on any atom is 0.0538 e. The quantitative estimate of drug-likeness (QED) is 0.151. The number of allylic oxidation sites excluding steroid dienone is 11. The molecule has 4 aliphatic carbocycles. The summed E-state index contributed by atoms with van der Waals surface area (Å²) in [6, 6.07) is 43.1. The van der Waals surface area contributed by atoms with Gasteiger partial charge in [0.05, 0.1) is 16.6 Å². The van der Waals surface area contributed by atoms with Crippen LogP contribution < -0.4 is 0 Å². The van der Waals surface area contributed by atoms with E-state index < -0.39 is 0 Å². The Morgan fingerprint density at radius 3 is 2.11 bits per heavy atom. The van der Waals surface area contributed by atoms with Crippen molar-refractivity contribution >= 4 is 44.5 Å². The van der Waals surface area contributed by atoms with Crippen molar-refractivity contribution in [3.05, 3.63) is 187 Å². The number of fused-ring (bicyclic) bond motifs is 6. The third-order valence-corrected chi connectivity index (χ3v) is 12.9. The average molecular weight is 723 g/mol. The van der Waals surface area contributed by atoms with E-state index in [0.29, 0.717) is 17.8 Å². The number of nitrogens with zero attached hydrogens (tertiary/aromatic N) is 2. The van der Waals surface area contributed by atoms with Crippen molar-refractivity contribution < 1.29 is 0 Å². The lowest BCUT2D eigenvalue weighted by molar-refractivity contribution is 0.469. The predicted octanol–water partition coefficient (Wildman–Crippen LogP) is 14.3. The summed E-state index contributed by atoms with van der Waals surface area (Å²) in [6.45, 7) is 0. The minimum absolute atomic E-state index is 0.485. The van der Waals surface area contributed by atoms with E-state index in [9.17, 15) is 0 Å². The van der Waals surface area contributed by atoms with E-state index in [1.807, 2.05) is 0 Å². The Morgan fingerprint density at radius 2 is 1.30 bits per heavy atom. The van der Waals surface area contributed by atoms with Crippen LogP contribution in [-0.2, 0) is 6.42 Å². The summed E-state index contributed by atoms with van der Waals surface area (Å²) in [7, 11) is 0. The van der Waals surface area contributed by atoms with Crippen molar-refractivity contribution in [3.63, 3.8) is 0 Å². The minimum Gasteiger partial charge on any atom is -0.313 e. The van der Waals surface area contributed by atoms with Crippen LogP contribution in [0.2, 0.25) is 0 Å². The molecule has 2 nitrogen and oxygen atoms in total. The number of benzene rings is 5. The highest BCUT2D eigenvalue weighted by atomic mass is 15.0. The SMILES string of the molecule is C1=CCC(C2C=C(C3C=CCCC3)C=C(n3c4ccccc4c4cc(-c5ccc6c(c5)c5c(n6-c6ccc(-c7ccccc7)cc6)C=CCC5)ccc43)C2)C=C1. The highest BCUT2D eigenvalue weighted by Gasteiger charge is 2.28. The van der Waals surface area contributed by atoms with Crippen LogP contribution in [-0.4, -0.2) is 9.13 Å². The molecule has 3 atom stereocenters. The highest BCUT2D eigenvalue weighted by Crippen LogP contribution is 2.43. The fraction of sp³-hybridized carbons (Fsp3) is 0.185. The number of aryl methyl sites for hydroxylation is 1. The molecule has 0 N–H and O–H groups in total. The fourth-order valence-corrected chi connectivity index (χ4v) is 10.1. The summed E-state index contributed by atoms with van der Waals surface area (Å²) in [6.07, 6.45) is 32.0. The Balaban J connectivity index is 1.01. The topological polar surface area (TPSA) is 9.86 Å². The van der Waals surface area contributed by atoms with Gasteiger partial charge in [-0.2, -0.15) is 0 Å². The zero-order valence-electron chi connectivity index (χ0n) is 31.8. The molecule has 0 spiro atoms. The molecular weight excluding hydrogens is 677 g/mol. The van der Waals surface area contributed by atoms with E-state index in [4.69, 9.17) is 0 Å². The van der Waals surface area contributed by atoms with Gasteiger partial charge in [0.15, 0.2) is 0 Å². The fourth-order valence-electron chi connectivity index (χ4n) is 10.1. The monoisotopic (exact) mass is 722 g/mol. The number of hydrogen-bond donors (Lipinski definition) is 0. The van der Waals surface area contributed by atoms with Crippen LogP contribution in [0.5, 0.6) is 0 Å². The van der Waals surface area contributed by atoms with Gasteiger partial charge in [-0.25, -0.2) is 0 Å². The normalized spacial score (nSPS) is 20.5. The molecule has 2 aromatic heterocycles. The number of hydrogen-bond acceptors (Lipinski definition) is 0. The molecule has 0 radical (unpaired) electrons. The minimum atomic E-state index is 0.485. The van der Waals surface area contributed by atoms with E-state index in [0.717, 1.165) is 25.7 Å². The van der Waals surface area contributed by atoms with Crippen molar-refractivity contribution in [2.75, 3.05) is 0 Å². The lowest BCUT2D eigenvalue weighted by atomic mass is 9.76. The van der Waals surface area contributed by atoms with Gasteiger partial charge in [-0.3, -0.25) is 0 Å². The van der Waals surface area contributed by atoms with Crippen molar-refractivity contribution in [1.82, 2.24) is 9.13 Å². The number of para-hydroxylation sites is 1. The Labute approximate surface area is 329 Å². The first-order valence-corrected chi connectivity index (χ1v) is 20.7. The first-order valence-electron chi connectivity index (χ1n) is 20.7. The second-order valence-electron chi connectivity index (χ2n) is 16.2. The maximum absolute atomic E-state index is 2.63. The van der Waals surface area contributed by atoms with Crippen LogP contribution in [0.4, 0.5) is 0 Å². The van der Waals surface area contributed by atoms with E-state index in [2.05, 4.69) is 185 Å². The Morgan fingerprint density at radius 1 is 0.554 bits per heavy atom. The van der Waals surface area contributed by atoms with Crippen LogP contribution in [0.3, 0.4) is 0 Å². The van der Waals surface area contributed by atoms with E-state index in [1.165, 1.54) is 102 Å². The van der Waals surface area contributed by atoms with Crippen molar-refractivity contribution in [1.29, 1.82) is 0 Å². The maximum atomic E-state index is 2.63. The highest BCUT2D eigenvalue weighted by molar-refractivity contribution is 6.11. The van der Waals surface area contributed by atoms with Crippen LogP contribution in [0, 0.1) is 17.8 Å². The summed E-state index contributed by atoms with van der Waals surface area (Å²) in [5.74, 6) is 1.52. The molecule has 2 heterocycles. The first kappa shape index (κ1) is 33.2. The Kier molecular flexibility index (Phi) is 8.23. The second-order valence-corrected chi connectivity index (χ2v) is 16.2. The molecular formula is C54H46N2. The zero-order chi connectivity index (χ0) is 37.0. The standard InChI is InChI=1S/C54H46N2/c1-4-14-37(15-5-1)40-24-28-45(29-25-40)55-51-22-12-10-20-47(51)49-35-41(26-30-53(49)55)42-27-31-54-50(36-42)48-21-11-13-23-52(48)56(54)46-33-43(38-16-6-2-7-17-38)32-44(34-46)39-18-8-3-9-19-39/h1-2,4-8,11-16,18,21-32,34-36,38-39,43H,3,9-10,17,19-20,33H2. The van der Waals surface area contributed by atoms with Crippen molar-refractivity contribution in [2.45, 2.75) is 44.9 Å². The number of aromatic nitrogens is 2. The lowest BCUT2D eigenvalue weighted by Gasteiger charge is -2.31. The smallest absolute Gasteiger partial charge is 0.0538 e. The van der Waals surface area contributed by atoms with E-state index in [1.54, 1.807) is 0 Å². The Hall–Kier alpha value is -6.12. The predicted molar refractivity (Wildman–Crippen MR) is 238 cm³/mol. The average Bonchev–Trinajstić information content (AvgIpc) is 3.79. The van der Waals surface area contributed by atoms with Gasteiger partial charge in [0.1, 0.15) is 0 Å². The van der Waals surface area contributed by atoms with Gasteiger partial charge in [-0.15, -0.1) is 0 Å². The van der Waals surface area contributed by atoms with Crippen LogP contribution in [0.1, 0.15) is 49.8 Å². The van der Waals surface area contributed by atoms with Crippen LogP contribution in [0.25, 0.3) is 72.4 Å². The van der Waals surface area contributed by atoms with Crippen LogP contribution >= 0.6 is 0 Å². The van der Waals surface area contributed by atoms with Crippen LogP contribution in [0.15, 0.2) is 176 Å². The first-order chi connectivity index (χ1) is 27.8. The van der Waals surface area contributed by atoms with E-state index >= 15 is 0 Å². The second kappa shape index (κ2) is 13.9. The van der Waals surface area contributed by atoms with Gasteiger partial charge in [-0.1, -0.05) is 121 Å². The third-order valence-electron chi connectivity index (χ3n) is 12.9. The van der Waals surface area contributed by atoms with Gasteiger partial charge in [-0.05, 0) is 145 Å². The molecule has 0 amide bonds. The number of rotatable bonds is 6. The van der Waals surface area contributed by atoms with Gasteiger partial charge in [0, 0.05) is 39.2 Å². The van der Waals surface area contributed by atoms with Gasteiger partial charge in [0.25, 0.3) is 0 Å². The molecule has 7 aromatic rings. The molecule has 272 valence electrons. The van der Waals surface area contributed by atoms with Gasteiger partial charge >= 0.3 is 0 Å². The molecule has 2 heteroatoms. The summed E-state index contributed by atoms with van der Waals surface area (Å²) in [5.41, 5.74) is 15.8. The summed E-state index contributed by atoms with van der Waals surface area (Å²) < 4.78 is 5.06. The molecule has 11 rings (SSSR count). The molecule has 3 unspecified atom stereocenters. The summed E-state index contributed by atoms with van der Waals surface area (Å²) >= 11 is 0. The van der Waals surface area contributed by atoms with Crippen molar-refractivity contribution in [2.24, 2.45) is 17.8 Å². The van der Waals surface area contributed by atoms with E-state index in [-0.39, 0.29) is 0 Å². The molecule has 0 bridgehead atoms. The van der Waals surface area contributed by atoms with Crippen molar-refractivity contribution in [3.8, 4) is 27.9 Å². The molecule has 0 aliphatic heterocycles. The molecule has 56 heavy (non-hydrogen) atoms. The molecule has 0 fully saturated rings.